The Morgan fingerprint density at radius 3 is 2.79 bits per heavy atom. The fourth-order valence-electron chi connectivity index (χ4n) is 1.27. The number of carboxylic acid groups (broad SMARTS) is 1. The van der Waals surface area contributed by atoms with E-state index in [0.717, 1.165) is 14.2 Å². The van der Waals surface area contributed by atoms with Crippen LogP contribution in [0.1, 0.15) is 22.1 Å². The van der Waals surface area contributed by atoms with Crippen LogP contribution >= 0.6 is 27.3 Å². The Labute approximate surface area is 95.1 Å². The van der Waals surface area contributed by atoms with E-state index in [2.05, 4.69) is 15.9 Å². The van der Waals surface area contributed by atoms with Crippen LogP contribution < -0.4 is 5.73 Å². The Bertz CT molecular complexity index is 338. The molecule has 1 rings (SSSR count). The molecule has 1 atom stereocenters. The number of rotatable bonds is 4. The number of nitrogens with two attached hydrogens (primary N) is 1. The summed E-state index contributed by atoms with van der Waals surface area (Å²) in [6.45, 7) is 2.36. The Morgan fingerprint density at radius 1 is 1.79 bits per heavy atom. The number of aliphatic carboxylic acids is 1. The van der Waals surface area contributed by atoms with Gasteiger partial charge in [0.15, 0.2) is 0 Å². The fraction of sp³-hybridized carbons (Fsp3) is 0.444. The van der Waals surface area contributed by atoms with Crippen LogP contribution in [-0.2, 0) is 4.79 Å². The molecule has 78 valence electrons. The molecule has 0 amide bonds. The lowest BCUT2D eigenvalue weighted by atomic mass is 10.0. The number of aryl methyl sites for hydroxylation is 1. The number of thiophene rings is 1. The summed E-state index contributed by atoms with van der Waals surface area (Å²) in [6.07, 6.45) is 0.0923. The van der Waals surface area contributed by atoms with Crippen molar-refractivity contribution in [1.29, 1.82) is 0 Å². The van der Waals surface area contributed by atoms with Gasteiger partial charge in [-0.1, -0.05) is 0 Å². The van der Waals surface area contributed by atoms with Crippen LogP contribution in [0.5, 0.6) is 0 Å². The summed E-state index contributed by atoms with van der Waals surface area (Å²) >= 11 is 5.01. The summed E-state index contributed by atoms with van der Waals surface area (Å²) in [6, 6.07) is 1.99. The highest BCUT2D eigenvalue weighted by Gasteiger charge is 2.18. The largest absolute Gasteiger partial charge is 0.481 e. The van der Waals surface area contributed by atoms with Gasteiger partial charge in [0.05, 0.1) is 6.42 Å². The Balaban J connectivity index is 2.88. The van der Waals surface area contributed by atoms with E-state index in [1.807, 2.05) is 13.0 Å². The molecule has 0 spiro atoms. The van der Waals surface area contributed by atoms with Crippen molar-refractivity contribution in [1.82, 2.24) is 0 Å². The van der Waals surface area contributed by atoms with Crippen molar-refractivity contribution in [3.05, 3.63) is 20.3 Å². The first-order chi connectivity index (χ1) is 6.54. The van der Waals surface area contributed by atoms with Crippen LogP contribution in [0.2, 0.25) is 0 Å². The summed E-state index contributed by atoms with van der Waals surface area (Å²) in [5, 5.41) is 8.71. The van der Waals surface area contributed by atoms with Gasteiger partial charge in [0.25, 0.3) is 0 Å². The molecule has 1 unspecified atom stereocenters. The van der Waals surface area contributed by atoms with Crippen molar-refractivity contribution < 1.29 is 9.90 Å². The zero-order chi connectivity index (χ0) is 10.7. The molecule has 0 saturated carbocycles. The Kier molecular flexibility index (Phi) is 4.10. The minimum absolute atomic E-state index is 0.0828. The maximum absolute atomic E-state index is 10.6. The average Bonchev–Trinajstić information content (AvgIpc) is 2.41. The molecule has 0 saturated heterocycles. The molecule has 0 fully saturated rings. The maximum atomic E-state index is 10.6. The predicted molar refractivity (Wildman–Crippen MR) is 60.8 cm³/mol. The number of hydrogen-bond acceptors (Lipinski definition) is 3. The van der Waals surface area contributed by atoms with Gasteiger partial charge in [-0.2, -0.15) is 0 Å². The Morgan fingerprint density at radius 2 is 2.43 bits per heavy atom. The monoisotopic (exact) mass is 277 g/mol. The molecule has 0 aliphatic rings. The van der Waals surface area contributed by atoms with Crippen molar-refractivity contribution in [2.45, 2.75) is 19.3 Å². The van der Waals surface area contributed by atoms with Gasteiger partial charge in [0.2, 0.25) is 0 Å². The SMILES string of the molecule is Cc1cc(Br)c(C(CN)CC(=O)O)s1. The lowest BCUT2D eigenvalue weighted by Crippen LogP contribution is -2.15. The summed E-state index contributed by atoms with van der Waals surface area (Å²) < 4.78 is 0.969. The first-order valence-electron chi connectivity index (χ1n) is 4.22. The second kappa shape index (κ2) is 4.91. The average molecular weight is 278 g/mol. The van der Waals surface area contributed by atoms with Crippen LogP contribution in [0.15, 0.2) is 10.5 Å². The standard InChI is InChI=1S/C9H12BrNO2S/c1-5-2-7(10)9(14-5)6(4-11)3-8(12)13/h2,6H,3-4,11H2,1H3,(H,12,13). The van der Waals surface area contributed by atoms with E-state index in [9.17, 15) is 4.79 Å². The zero-order valence-electron chi connectivity index (χ0n) is 7.79. The van der Waals surface area contributed by atoms with Crippen molar-refractivity contribution in [2.75, 3.05) is 6.54 Å². The minimum Gasteiger partial charge on any atom is -0.481 e. The van der Waals surface area contributed by atoms with Crippen molar-refractivity contribution >= 4 is 33.2 Å². The van der Waals surface area contributed by atoms with Crippen LogP contribution in [0.25, 0.3) is 0 Å². The van der Waals surface area contributed by atoms with Crippen molar-refractivity contribution in [3.8, 4) is 0 Å². The first-order valence-corrected chi connectivity index (χ1v) is 5.83. The van der Waals surface area contributed by atoms with Crippen LogP contribution in [0.4, 0.5) is 0 Å². The number of hydrogen-bond donors (Lipinski definition) is 2. The van der Waals surface area contributed by atoms with E-state index in [0.29, 0.717) is 6.54 Å². The molecular formula is C9H12BrNO2S. The van der Waals surface area contributed by atoms with Gasteiger partial charge in [-0.15, -0.1) is 11.3 Å². The molecule has 0 aromatic carbocycles. The summed E-state index contributed by atoms with van der Waals surface area (Å²) in [4.78, 5) is 12.8. The smallest absolute Gasteiger partial charge is 0.304 e. The number of halogens is 1. The van der Waals surface area contributed by atoms with E-state index in [1.54, 1.807) is 11.3 Å². The molecule has 3 nitrogen and oxygen atoms in total. The fourth-order valence-corrected chi connectivity index (χ4v) is 3.36. The van der Waals surface area contributed by atoms with Crippen molar-refractivity contribution in [3.63, 3.8) is 0 Å². The van der Waals surface area contributed by atoms with Crippen LogP contribution in [0.3, 0.4) is 0 Å². The van der Waals surface area contributed by atoms with Gasteiger partial charge in [-0.05, 0) is 28.9 Å². The third kappa shape index (κ3) is 2.80. The van der Waals surface area contributed by atoms with Gasteiger partial charge in [-0.25, -0.2) is 0 Å². The molecule has 0 bridgehead atoms. The van der Waals surface area contributed by atoms with Crippen molar-refractivity contribution in [2.24, 2.45) is 5.73 Å². The van der Waals surface area contributed by atoms with E-state index in [1.165, 1.54) is 0 Å². The highest BCUT2D eigenvalue weighted by molar-refractivity contribution is 9.10. The molecule has 5 heteroatoms. The molecule has 1 aromatic rings. The third-order valence-corrected chi connectivity index (χ3v) is 4.04. The van der Waals surface area contributed by atoms with Crippen LogP contribution in [-0.4, -0.2) is 17.6 Å². The lowest BCUT2D eigenvalue weighted by Gasteiger charge is -2.10. The van der Waals surface area contributed by atoms with Crippen LogP contribution in [0, 0.1) is 6.92 Å². The van der Waals surface area contributed by atoms with Gasteiger partial charge in [-0.3, -0.25) is 4.79 Å². The zero-order valence-corrected chi connectivity index (χ0v) is 10.2. The van der Waals surface area contributed by atoms with E-state index in [4.69, 9.17) is 10.8 Å². The molecule has 0 aliphatic heterocycles. The molecular weight excluding hydrogens is 266 g/mol. The maximum Gasteiger partial charge on any atom is 0.304 e. The normalized spacial score (nSPS) is 12.8. The minimum atomic E-state index is -0.807. The highest BCUT2D eigenvalue weighted by atomic mass is 79.9. The van der Waals surface area contributed by atoms with Gasteiger partial charge in [0.1, 0.15) is 0 Å². The highest BCUT2D eigenvalue weighted by Crippen LogP contribution is 2.34. The van der Waals surface area contributed by atoms with Gasteiger partial charge < -0.3 is 10.8 Å². The molecule has 1 aromatic heterocycles. The molecule has 0 aliphatic carbocycles. The second-order valence-corrected chi connectivity index (χ2v) is 5.24. The topological polar surface area (TPSA) is 63.3 Å². The Hall–Kier alpha value is -0.390. The molecule has 1 heterocycles. The third-order valence-electron chi connectivity index (χ3n) is 1.91. The van der Waals surface area contributed by atoms with Gasteiger partial charge in [0, 0.05) is 26.7 Å². The van der Waals surface area contributed by atoms with Gasteiger partial charge >= 0.3 is 5.97 Å². The second-order valence-electron chi connectivity index (χ2n) is 3.10. The quantitative estimate of drug-likeness (QED) is 0.888. The first kappa shape index (κ1) is 11.7. The summed E-state index contributed by atoms with van der Waals surface area (Å²) in [5.74, 6) is -0.890. The molecule has 0 radical (unpaired) electrons. The predicted octanol–water partition coefficient (Wildman–Crippen LogP) is 2.34. The van der Waals surface area contributed by atoms with E-state index in [-0.39, 0.29) is 12.3 Å². The lowest BCUT2D eigenvalue weighted by molar-refractivity contribution is -0.137. The molecule has 3 N–H and O–H groups in total. The van der Waals surface area contributed by atoms with E-state index < -0.39 is 5.97 Å². The van der Waals surface area contributed by atoms with E-state index >= 15 is 0 Å². The summed E-state index contributed by atoms with van der Waals surface area (Å²) in [7, 11) is 0. The summed E-state index contributed by atoms with van der Waals surface area (Å²) in [5.41, 5.74) is 5.55. The number of carbonyl (C=O) groups is 1. The number of carboxylic acids is 1. The molecule has 14 heavy (non-hydrogen) atoms.